The zero-order chi connectivity index (χ0) is 36.0. The first-order valence-corrected chi connectivity index (χ1v) is 20.8. The molecule has 8 rings (SSSR count). The summed E-state index contributed by atoms with van der Waals surface area (Å²) in [5.74, 6) is 0.146. The maximum absolute atomic E-state index is 16.1. The summed E-state index contributed by atoms with van der Waals surface area (Å²) in [6.45, 7) is 14.1. The smallest absolute Gasteiger partial charge is 0.416 e. The van der Waals surface area contributed by atoms with Crippen LogP contribution in [-0.2, 0) is 26.8 Å². The van der Waals surface area contributed by atoms with Crippen LogP contribution < -0.4 is 15.0 Å². The number of carbonyl (C=O) groups excluding carboxylic acids is 2. The minimum absolute atomic E-state index is 0.0448. The minimum Gasteiger partial charge on any atom is -0.465 e. The Labute approximate surface area is 296 Å². The van der Waals surface area contributed by atoms with Crippen LogP contribution in [0.2, 0.25) is 18.1 Å². The molecule has 3 saturated heterocycles. The SMILES string of the molecule is CN1C[C@H](O[Si](C)(C)C(C)(C)C)C[C@H]1c1nc2c(F)c3c(c(F)c2[nH]1)CC(CN1CCC2(CC1)CN(c1cnc4c(n1)NC(=O)CO4)C(=O)O2)C3. The van der Waals surface area contributed by atoms with Gasteiger partial charge in [-0.05, 0) is 61.5 Å². The number of nitrogens with zero attached hydrogens (tertiary/aromatic N) is 6. The number of piperidine rings is 1. The highest BCUT2D eigenvalue weighted by molar-refractivity contribution is 6.74. The van der Waals surface area contributed by atoms with Crippen LogP contribution in [0.1, 0.15) is 63.0 Å². The quantitative estimate of drug-likeness (QED) is 0.337. The summed E-state index contributed by atoms with van der Waals surface area (Å²) < 4.78 is 50.0. The molecular weight excluding hydrogens is 679 g/mol. The maximum atomic E-state index is 16.1. The lowest BCUT2D eigenvalue weighted by molar-refractivity contribution is -0.118. The van der Waals surface area contributed by atoms with Gasteiger partial charge in [-0.25, -0.2) is 28.5 Å². The van der Waals surface area contributed by atoms with Crippen molar-refractivity contribution >= 4 is 43.0 Å². The molecule has 3 fully saturated rings. The minimum atomic E-state index is -1.97. The normalized spacial score (nSPS) is 24.3. The first-order chi connectivity index (χ1) is 24.1. The molecule has 16 heteroatoms. The number of H-pyrrole nitrogens is 1. The summed E-state index contributed by atoms with van der Waals surface area (Å²) in [4.78, 5) is 47.0. The average Bonchev–Trinajstić information content (AvgIpc) is 3.85. The number of likely N-dealkylation sites (tertiary alicyclic amines) is 2. The molecule has 3 aromatic rings. The molecule has 3 atom stereocenters. The van der Waals surface area contributed by atoms with E-state index in [0.29, 0.717) is 68.8 Å². The van der Waals surface area contributed by atoms with Gasteiger partial charge in [0.25, 0.3) is 11.8 Å². The number of amides is 2. The van der Waals surface area contributed by atoms with Crippen LogP contribution in [0.4, 0.5) is 25.2 Å². The van der Waals surface area contributed by atoms with E-state index < -0.39 is 31.6 Å². The third-order valence-electron chi connectivity index (χ3n) is 12.0. The van der Waals surface area contributed by atoms with Crippen LogP contribution in [0.15, 0.2) is 6.20 Å². The Bertz CT molecular complexity index is 1860. The number of carbonyl (C=O) groups is 2. The van der Waals surface area contributed by atoms with Gasteiger partial charge in [-0.3, -0.25) is 14.6 Å². The average molecular weight is 725 g/mol. The van der Waals surface area contributed by atoms with E-state index in [0.717, 1.165) is 13.0 Å². The Morgan fingerprint density at radius 2 is 1.82 bits per heavy atom. The summed E-state index contributed by atoms with van der Waals surface area (Å²) in [6.07, 6.45) is 3.83. The van der Waals surface area contributed by atoms with Crippen molar-refractivity contribution in [3.8, 4) is 5.88 Å². The highest BCUT2D eigenvalue weighted by Crippen LogP contribution is 2.43. The van der Waals surface area contributed by atoms with Crippen LogP contribution in [0.5, 0.6) is 5.88 Å². The molecule has 1 unspecified atom stereocenters. The fourth-order valence-electron chi connectivity index (χ4n) is 8.14. The van der Waals surface area contributed by atoms with E-state index in [1.165, 1.54) is 11.1 Å². The second-order valence-corrected chi connectivity index (χ2v) is 21.3. The third kappa shape index (κ3) is 6.06. The number of hydrogen-bond acceptors (Lipinski definition) is 10. The third-order valence-corrected chi connectivity index (χ3v) is 16.5. The van der Waals surface area contributed by atoms with E-state index in [1.54, 1.807) is 0 Å². The maximum Gasteiger partial charge on any atom is 0.416 e. The topological polar surface area (TPSA) is 138 Å². The number of imidazole rings is 1. The molecule has 2 amide bonds. The number of rotatable bonds is 6. The Morgan fingerprint density at radius 3 is 2.55 bits per heavy atom. The van der Waals surface area contributed by atoms with Crippen LogP contribution in [0.3, 0.4) is 0 Å². The molecule has 1 aromatic carbocycles. The zero-order valence-corrected chi connectivity index (χ0v) is 31.1. The van der Waals surface area contributed by atoms with Gasteiger partial charge in [0.1, 0.15) is 22.5 Å². The summed E-state index contributed by atoms with van der Waals surface area (Å²) in [7, 11) is 0.0459. The van der Waals surface area contributed by atoms with Crippen LogP contribution in [0.25, 0.3) is 11.0 Å². The second-order valence-electron chi connectivity index (χ2n) is 16.6. The summed E-state index contributed by atoms with van der Waals surface area (Å²) in [6, 6.07) is -0.106. The van der Waals surface area contributed by atoms with Crippen LogP contribution in [-0.4, -0.2) is 108 Å². The molecule has 274 valence electrons. The van der Waals surface area contributed by atoms with Gasteiger partial charge >= 0.3 is 6.09 Å². The van der Waals surface area contributed by atoms with Gasteiger partial charge < -0.3 is 29.1 Å². The molecule has 4 aliphatic heterocycles. The molecule has 0 saturated carbocycles. The van der Waals surface area contributed by atoms with Gasteiger partial charge in [0.2, 0.25) is 0 Å². The molecule has 1 spiro atoms. The molecule has 0 bridgehead atoms. The van der Waals surface area contributed by atoms with Crippen molar-refractivity contribution in [3.05, 3.63) is 34.8 Å². The van der Waals surface area contributed by atoms with E-state index >= 15 is 8.78 Å². The highest BCUT2D eigenvalue weighted by Gasteiger charge is 2.49. The summed E-state index contributed by atoms with van der Waals surface area (Å²) in [5.41, 5.74) is 0.434. The predicted octanol–water partition coefficient (Wildman–Crippen LogP) is 4.94. The predicted molar refractivity (Wildman–Crippen MR) is 187 cm³/mol. The molecule has 2 N–H and O–H groups in total. The largest absolute Gasteiger partial charge is 0.465 e. The number of benzene rings is 1. The first-order valence-electron chi connectivity index (χ1n) is 17.9. The number of fused-ring (bicyclic) bond motifs is 3. The summed E-state index contributed by atoms with van der Waals surface area (Å²) >= 11 is 0. The number of nitrogens with one attached hydrogen (secondary N) is 2. The lowest BCUT2D eigenvalue weighted by atomic mass is 9.90. The van der Waals surface area contributed by atoms with Crippen LogP contribution in [0, 0.1) is 17.6 Å². The Kier molecular flexibility index (Phi) is 8.20. The van der Waals surface area contributed by atoms with Crippen molar-refractivity contribution in [1.29, 1.82) is 0 Å². The Hall–Kier alpha value is -3.73. The number of hydrogen-bond donors (Lipinski definition) is 2. The lowest BCUT2D eigenvalue weighted by Gasteiger charge is -2.38. The van der Waals surface area contributed by atoms with Gasteiger partial charge in [-0.1, -0.05) is 20.8 Å². The van der Waals surface area contributed by atoms with Crippen LogP contribution >= 0.6 is 0 Å². The van der Waals surface area contributed by atoms with Crippen molar-refractivity contribution in [2.45, 2.75) is 88.8 Å². The molecule has 1 aliphatic carbocycles. The first kappa shape index (κ1) is 34.4. The summed E-state index contributed by atoms with van der Waals surface area (Å²) in [5, 5.41) is 2.71. The van der Waals surface area contributed by atoms with Gasteiger partial charge in [0, 0.05) is 39.0 Å². The van der Waals surface area contributed by atoms with Gasteiger partial charge in [0.15, 0.2) is 38.2 Å². The Balaban J connectivity index is 0.899. The zero-order valence-electron chi connectivity index (χ0n) is 30.1. The molecule has 5 aliphatic rings. The molecule has 0 radical (unpaired) electrons. The molecule has 13 nitrogen and oxygen atoms in total. The van der Waals surface area contributed by atoms with E-state index in [-0.39, 0.29) is 64.2 Å². The number of ether oxygens (including phenoxy) is 2. The van der Waals surface area contributed by atoms with Crippen molar-refractivity contribution in [2.75, 3.05) is 56.6 Å². The van der Waals surface area contributed by atoms with Gasteiger partial charge in [0.05, 0.1) is 24.9 Å². The van der Waals surface area contributed by atoms with E-state index in [4.69, 9.17) is 13.9 Å². The fourth-order valence-corrected chi connectivity index (χ4v) is 9.49. The van der Waals surface area contributed by atoms with Crippen molar-refractivity contribution in [2.24, 2.45) is 5.92 Å². The molecule has 2 aromatic heterocycles. The second kappa shape index (κ2) is 12.2. The number of aromatic nitrogens is 4. The fraction of sp³-hybridized carbons (Fsp3) is 0.629. The number of aromatic amines is 1. The standard InChI is InChI=1S/C35H46F2N8O5Si/c1-34(2,3)51(5,6)50-20-13-23(43(4)16-20)30-41-28-26(36)21-11-19(12-22(21)27(37)29(28)42-30)15-44-9-7-35(8-10-44)18-45(33(47)49-35)24-14-38-32-31(39-24)40-25(46)17-48-32/h14,19-20,23H,7-13,15-18H2,1-6H3,(H,41,42)(H,39,40,46)/t20-,23+/m1/s1. The van der Waals surface area contributed by atoms with Gasteiger partial charge in [-0.2, -0.15) is 0 Å². The van der Waals surface area contributed by atoms with E-state index in [9.17, 15) is 9.59 Å². The number of anilines is 2. The van der Waals surface area contributed by atoms with Crippen molar-refractivity contribution in [3.63, 3.8) is 0 Å². The molecule has 6 heterocycles. The Morgan fingerprint density at radius 1 is 1.10 bits per heavy atom. The highest BCUT2D eigenvalue weighted by atomic mass is 28.4. The van der Waals surface area contributed by atoms with Crippen molar-refractivity contribution in [1.82, 2.24) is 29.7 Å². The lowest BCUT2D eigenvalue weighted by Crippen LogP contribution is -2.48. The number of likely N-dealkylation sites (N-methyl/N-ethyl adjacent to an activating group) is 1. The monoisotopic (exact) mass is 724 g/mol. The van der Waals surface area contributed by atoms with E-state index in [1.807, 2.05) is 7.05 Å². The van der Waals surface area contributed by atoms with Crippen molar-refractivity contribution < 1.29 is 32.3 Å². The number of halogens is 2. The van der Waals surface area contributed by atoms with E-state index in [2.05, 4.69) is 68.9 Å². The molecule has 51 heavy (non-hydrogen) atoms. The van der Waals surface area contributed by atoms with Gasteiger partial charge in [-0.15, -0.1) is 0 Å². The molecular formula is C35H46F2N8O5Si.